The highest BCUT2D eigenvalue weighted by molar-refractivity contribution is 8.13. The van der Waals surface area contributed by atoms with Crippen LogP contribution in [0.2, 0.25) is 0 Å². The van der Waals surface area contributed by atoms with Crippen LogP contribution in [0.5, 0.6) is 11.5 Å². The first-order chi connectivity index (χ1) is 6.36. The predicted molar refractivity (Wildman–Crippen MR) is 52.4 cm³/mol. The summed E-state index contributed by atoms with van der Waals surface area (Å²) >= 11 is 0. The van der Waals surface area contributed by atoms with Gasteiger partial charge in [-0.3, -0.25) is 0 Å². The van der Waals surface area contributed by atoms with E-state index in [1.54, 1.807) is 6.92 Å². The van der Waals surface area contributed by atoms with E-state index in [0.29, 0.717) is 5.56 Å². The molecule has 4 nitrogen and oxygen atoms in total. The highest BCUT2D eigenvalue weighted by Crippen LogP contribution is 2.32. The molecule has 0 aliphatic carbocycles. The lowest BCUT2D eigenvalue weighted by atomic mass is 10.2. The molecule has 0 saturated heterocycles. The Bertz CT molecular complexity index is 453. The van der Waals surface area contributed by atoms with E-state index in [-0.39, 0.29) is 16.4 Å². The van der Waals surface area contributed by atoms with E-state index in [2.05, 4.69) is 0 Å². The number of hydrogen-bond acceptors (Lipinski definition) is 4. The maximum absolute atomic E-state index is 11.0. The van der Waals surface area contributed by atoms with Gasteiger partial charge in [-0.25, -0.2) is 8.42 Å². The Morgan fingerprint density at radius 2 is 2.00 bits per heavy atom. The molecule has 0 unspecified atom stereocenters. The quantitative estimate of drug-likeness (QED) is 0.793. The fourth-order valence-electron chi connectivity index (χ4n) is 1.08. The molecule has 0 saturated carbocycles. The number of phenols is 1. The Kier molecular flexibility index (Phi) is 2.92. The maximum atomic E-state index is 11.0. The van der Waals surface area contributed by atoms with Crippen LogP contribution < -0.4 is 4.74 Å². The van der Waals surface area contributed by atoms with Gasteiger partial charge >= 0.3 is 0 Å². The molecule has 1 N–H and O–H groups in total. The molecule has 0 spiro atoms. The summed E-state index contributed by atoms with van der Waals surface area (Å²) in [6.45, 7) is 1.57. The van der Waals surface area contributed by atoms with Crippen molar-refractivity contribution >= 4 is 19.7 Å². The molecule has 0 aliphatic heterocycles. The summed E-state index contributed by atoms with van der Waals surface area (Å²) in [7, 11) is 2.71. The van der Waals surface area contributed by atoms with Crippen molar-refractivity contribution in [1.82, 2.24) is 0 Å². The van der Waals surface area contributed by atoms with Crippen LogP contribution in [0.25, 0.3) is 0 Å². The average molecular weight is 237 g/mol. The number of halogens is 1. The zero-order valence-corrected chi connectivity index (χ0v) is 9.19. The minimum Gasteiger partial charge on any atom is -0.504 e. The third-order valence-electron chi connectivity index (χ3n) is 1.74. The van der Waals surface area contributed by atoms with Gasteiger partial charge in [0.1, 0.15) is 0 Å². The predicted octanol–water partition coefficient (Wildman–Crippen LogP) is 1.64. The summed E-state index contributed by atoms with van der Waals surface area (Å²) in [5, 5.41) is 9.33. The number of hydrogen-bond donors (Lipinski definition) is 1. The third kappa shape index (κ3) is 2.10. The van der Waals surface area contributed by atoms with Crippen LogP contribution in [0.15, 0.2) is 17.0 Å². The van der Waals surface area contributed by atoms with Crippen LogP contribution in [0.4, 0.5) is 0 Å². The van der Waals surface area contributed by atoms with Gasteiger partial charge in [0.05, 0.1) is 12.0 Å². The Morgan fingerprint density at radius 3 is 2.43 bits per heavy atom. The van der Waals surface area contributed by atoms with Crippen molar-refractivity contribution in [3.63, 3.8) is 0 Å². The molecule has 6 heteroatoms. The zero-order valence-electron chi connectivity index (χ0n) is 7.61. The van der Waals surface area contributed by atoms with Gasteiger partial charge in [0.2, 0.25) is 0 Å². The molecule has 0 heterocycles. The minimum atomic E-state index is -3.82. The number of phenolic OH excluding ortho intramolecular Hbond substituents is 1. The number of aryl methyl sites for hydroxylation is 1. The molecule has 1 aromatic carbocycles. The van der Waals surface area contributed by atoms with Crippen LogP contribution >= 0.6 is 10.7 Å². The van der Waals surface area contributed by atoms with Crippen LogP contribution in [-0.2, 0) is 9.05 Å². The van der Waals surface area contributed by atoms with Crippen molar-refractivity contribution in [1.29, 1.82) is 0 Å². The summed E-state index contributed by atoms with van der Waals surface area (Å²) < 4.78 is 26.8. The largest absolute Gasteiger partial charge is 0.504 e. The van der Waals surface area contributed by atoms with Gasteiger partial charge in [-0.15, -0.1) is 0 Å². The molecule has 0 radical (unpaired) electrons. The Hall–Kier alpha value is -0.940. The second-order valence-electron chi connectivity index (χ2n) is 2.73. The normalized spacial score (nSPS) is 11.4. The summed E-state index contributed by atoms with van der Waals surface area (Å²) in [5.41, 5.74) is 0.426. The number of rotatable bonds is 2. The van der Waals surface area contributed by atoms with Gasteiger partial charge in [0.15, 0.2) is 11.5 Å². The molecule has 1 rings (SSSR count). The Labute approximate surface area is 86.5 Å². The van der Waals surface area contributed by atoms with E-state index in [0.717, 1.165) is 6.07 Å². The lowest BCUT2D eigenvalue weighted by Crippen LogP contribution is -1.95. The Morgan fingerprint density at radius 1 is 1.43 bits per heavy atom. The molecule has 0 fully saturated rings. The number of aromatic hydroxyl groups is 1. The highest BCUT2D eigenvalue weighted by atomic mass is 35.7. The van der Waals surface area contributed by atoms with Crippen LogP contribution in [-0.4, -0.2) is 20.6 Å². The summed E-state index contributed by atoms with van der Waals surface area (Å²) in [4.78, 5) is -0.113. The van der Waals surface area contributed by atoms with Crippen LogP contribution in [0.1, 0.15) is 5.56 Å². The molecular formula is C8H9ClO4S. The molecule has 1 aromatic rings. The van der Waals surface area contributed by atoms with E-state index in [1.165, 1.54) is 13.2 Å². The monoisotopic (exact) mass is 236 g/mol. The molecule has 0 atom stereocenters. The lowest BCUT2D eigenvalue weighted by molar-refractivity contribution is 0.372. The average Bonchev–Trinajstić information content (AvgIpc) is 2.06. The summed E-state index contributed by atoms with van der Waals surface area (Å²) in [6, 6.07) is 2.47. The molecule has 0 aliphatic rings. The van der Waals surface area contributed by atoms with Crippen molar-refractivity contribution < 1.29 is 18.3 Å². The van der Waals surface area contributed by atoms with Gasteiger partial charge in [-0.05, 0) is 18.6 Å². The number of ether oxygens (including phenoxy) is 1. The standard InChI is InChI=1S/C8H9ClO4S/c1-5-3-7(13-2)6(10)4-8(5)14(9,11)12/h3-4,10H,1-2H3. The molecule has 78 valence electrons. The lowest BCUT2D eigenvalue weighted by Gasteiger charge is -2.07. The number of benzene rings is 1. The molecule has 0 amide bonds. The SMILES string of the molecule is COc1cc(C)c(S(=O)(=O)Cl)cc1O. The highest BCUT2D eigenvalue weighted by Gasteiger charge is 2.16. The van der Waals surface area contributed by atoms with E-state index in [9.17, 15) is 13.5 Å². The van der Waals surface area contributed by atoms with Crippen LogP contribution in [0.3, 0.4) is 0 Å². The first-order valence-electron chi connectivity index (χ1n) is 3.68. The van der Waals surface area contributed by atoms with Gasteiger partial charge in [0, 0.05) is 16.7 Å². The van der Waals surface area contributed by atoms with Gasteiger partial charge in [0.25, 0.3) is 9.05 Å². The van der Waals surface area contributed by atoms with E-state index >= 15 is 0 Å². The molecular weight excluding hydrogens is 228 g/mol. The smallest absolute Gasteiger partial charge is 0.261 e. The van der Waals surface area contributed by atoms with Gasteiger partial charge in [-0.2, -0.15) is 0 Å². The van der Waals surface area contributed by atoms with Crippen molar-refractivity contribution in [3.05, 3.63) is 17.7 Å². The van der Waals surface area contributed by atoms with Gasteiger partial charge in [-0.1, -0.05) is 0 Å². The van der Waals surface area contributed by atoms with Crippen molar-refractivity contribution in [2.24, 2.45) is 0 Å². The number of methoxy groups -OCH3 is 1. The second kappa shape index (κ2) is 3.67. The topological polar surface area (TPSA) is 63.6 Å². The summed E-state index contributed by atoms with van der Waals surface area (Å²) in [6.07, 6.45) is 0. The zero-order chi connectivity index (χ0) is 10.9. The first-order valence-corrected chi connectivity index (χ1v) is 5.99. The van der Waals surface area contributed by atoms with E-state index in [1.807, 2.05) is 0 Å². The molecule has 0 aromatic heterocycles. The Balaban J connectivity index is 3.44. The van der Waals surface area contributed by atoms with E-state index < -0.39 is 9.05 Å². The molecule has 14 heavy (non-hydrogen) atoms. The third-order valence-corrected chi connectivity index (χ3v) is 3.20. The minimum absolute atomic E-state index is 0.113. The maximum Gasteiger partial charge on any atom is 0.261 e. The van der Waals surface area contributed by atoms with Crippen LogP contribution in [0, 0.1) is 6.92 Å². The fraction of sp³-hybridized carbons (Fsp3) is 0.250. The fourth-order valence-corrected chi connectivity index (χ4v) is 2.27. The van der Waals surface area contributed by atoms with Crippen molar-refractivity contribution in [2.45, 2.75) is 11.8 Å². The van der Waals surface area contributed by atoms with Gasteiger partial charge < -0.3 is 9.84 Å². The van der Waals surface area contributed by atoms with Crippen molar-refractivity contribution in [2.75, 3.05) is 7.11 Å². The second-order valence-corrected chi connectivity index (χ2v) is 5.26. The van der Waals surface area contributed by atoms with E-state index in [4.69, 9.17) is 15.4 Å². The first kappa shape index (κ1) is 11.1. The molecule has 0 bridgehead atoms. The summed E-state index contributed by atoms with van der Waals surface area (Å²) in [5.74, 6) is -0.0381. The van der Waals surface area contributed by atoms with Crippen molar-refractivity contribution in [3.8, 4) is 11.5 Å².